The van der Waals surface area contributed by atoms with E-state index in [4.69, 9.17) is 9.15 Å². The van der Waals surface area contributed by atoms with E-state index in [1.165, 1.54) is 0 Å². The van der Waals surface area contributed by atoms with Gasteiger partial charge in [-0.05, 0) is 43.7 Å². The number of anilines is 1. The zero-order valence-electron chi connectivity index (χ0n) is 16.9. The number of benzene rings is 2. The Labute approximate surface area is 172 Å². The normalized spacial score (nSPS) is 11.4. The lowest BCUT2D eigenvalue weighted by Crippen LogP contribution is -2.20. The highest BCUT2D eigenvalue weighted by atomic mass is 16.5. The van der Waals surface area contributed by atoms with Crippen molar-refractivity contribution in [1.82, 2.24) is 14.8 Å². The molecule has 0 unspecified atom stereocenters. The number of fused-ring (bicyclic) bond motifs is 4. The highest BCUT2D eigenvalue weighted by Crippen LogP contribution is 2.30. The van der Waals surface area contributed by atoms with Gasteiger partial charge in [-0.2, -0.15) is 0 Å². The van der Waals surface area contributed by atoms with E-state index in [9.17, 15) is 4.79 Å². The number of furan rings is 1. The molecule has 5 rings (SSSR count). The molecule has 0 bridgehead atoms. The van der Waals surface area contributed by atoms with Gasteiger partial charge in [0.2, 0.25) is 5.88 Å². The van der Waals surface area contributed by atoms with E-state index in [2.05, 4.69) is 15.4 Å². The first-order valence-electron chi connectivity index (χ1n) is 9.64. The van der Waals surface area contributed by atoms with E-state index in [-0.39, 0.29) is 12.5 Å². The maximum absolute atomic E-state index is 12.5. The Kier molecular flexibility index (Phi) is 4.17. The Morgan fingerprint density at radius 2 is 1.90 bits per heavy atom. The van der Waals surface area contributed by atoms with Gasteiger partial charge in [0.05, 0.1) is 5.39 Å². The molecule has 3 aromatic heterocycles. The minimum absolute atomic E-state index is 0.155. The molecule has 0 atom stereocenters. The summed E-state index contributed by atoms with van der Waals surface area (Å²) in [4.78, 5) is 17.0. The van der Waals surface area contributed by atoms with Crippen molar-refractivity contribution in [2.24, 2.45) is 7.05 Å². The second-order valence-corrected chi connectivity index (χ2v) is 7.35. The van der Waals surface area contributed by atoms with Crippen molar-refractivity contribution < 1.29 is 13.9 Å². The lowest BCUT2D eigenvalue weighted by Gasteiger charge is -2.07. The fraction of sp³-hybridized carbons (Fsp3) is 0.174. The molecule has 7 heteroatoms. The maximum Gasteiger partial charge on any atom is 0.262 e. The van der Waals surface area contributed by atoms with E-state index in [1.54, 1.807) is 4.68 Å². The molecule has 2 aromatic carbocycles. The van der Waals surface area contributed by atoms with Gasteiger partial charge >= 0.3 is 0 Å². The molecule has 0 aliphatic heterocycles. The average molecular weight is 400 g/mol. The number of ether oxygens (including phenoxy) is 1. The van der Waals surface area contributed by atoms with Gasteiger partial charge in [0.25, 0.3) is 5.91 Å². The smallest absolute Gasteiger partial charge is 0.262 e. The molecular weight excluding hydrogens is 380 g/mol. The third-order valence-electron chi connectivity index (χ3n) is 5.09. The van der Waals surface area contributed by atoms with Crippen molar-refractivity contribution in [1.29, 1.82) is 0 Å². The highest BCUT2D eigenvalue weighted by Gasteiger charge is 2.16. The van der Waals surface area contributed by atoms with Gasteiger partial charge in [-0.15, -0.1) is 5.10 Å². The van der Waals surface area contributed by atoms with Gasteiger partial charge in [-0.3, -0.25) is 4.79 Å². The Balaban J connectivity index is 1.34. The third kappa shape index (κ3) is 3.04. The van der Waals surface area contributed by atoms with Crippen LogP contribution in [0.5, 0.6) is 5.88 Å². The second-order valence-electron chi connectivity index (χ2n) is 7.35. The number of amides is 1. The number of para-hydroxylation sites is 1. The molecule has 0 aliphatic carbocycles. The summed E-state index contributed by atoms with van der Waals surface area (Å²) in [5, 5.41) is 10.1. The highest BCUT2D eigenvalue weighted by molar-refractivity contribution is 6.06. The Morgan fingerprint density at radius 1 is 1.10 bits per heavy atom. The number of carbonyl (C=O) groups is 1. The topological polar surface area (TPSA) is 82.2 Å². The number of pyridine rings is 1. The van der Waals surface area contributed by atoms with Crippen molar-refractivity contribution in [2.75, 3.05) is 11.9 Å². The summed E-state index contributed by atoms with van der Waals surface area (Å²) in [6.07, 6.45) is 0. The Morgan fingerprint density at radius 3 is 2.77 bits per heavy atom. The molecule has 1 N–H and O–H groups in total. The van der Waals surface area contributed by atoms with Crippen molar-refractivity contribution in [2.45, 2.75) is 13.8 Å². The van der Waals surface area contributed by atoms with E-state index in [0.29, 0.717) is 11.6 Å². The van der Waals surface area contributed by atoms with Crippen molar-refractivity contribution in [3.63, 3.8) is 0 Å². The number of nitrogens with one attached hydrogen (secondary N) is 1. The summed E-state index contributed by atoms with van der Waals surface area (Å²) in [6.45, 7) is 3.76. The van der Waals surface area contributed by atoms with Gasteiger partial charge in [-0.1, -0.05) is 18.2 Å². The zero-order valence-corrected chi connectivity index (χ0v) is 16.9. The first-order chi connectivity index (χ1) is 14.5. The fourth-order valence-corrected chi connectivity index (χ4v) is 3.78. The van der Waals surface area contributed by atoms with Crippen molar-refractivity contribution >= 4 is 44.6 Å². The fourth-order valence-electron chi connectivity index (χ4n) is 3.78. The standard InChI is InChI=1S/C23H20N4O3/c1-13-10-14(2)24-22-21(13)23(26-27(22)3)29-12-20(28)25-15-8-9-17-16-6-4-5-7-18(16)30-19(17)11-15/h4-11H,12H2,1-3H3,(H,25,28). The van der Waals surface area contributed by atoms with Crippen LogP contribution in [-0.4, -0.2) is 27.3 Å². The summed E-state index contributed by atoms with van der Waals surface area (Å²) >= 11 is 0. The molecule has 30 heavy (non-hydrogen) atoms. The predicted molar refractivity (Wildman–Crippen MR) is 116 cm³/mol. The molecule has 1 amide bonds. The van der Waals surface area contributed by atoms with Crippen LogP contribution < -0.4 is 10.1 Å². The molecule has 0 saturated carbocycles. The number of nitrogens with zero attached hydrogens (tertiary/aromatic N) is 3. The lowest BCUT2D eigenvalue weighted by molar-refractivity contribution is -0.118. The monoisotopic (exact) mass is 400 g/mol. The molecule has 3 heterocycles. The second kappa shape index (κ2) is 6.88. The minimum atomic E-state index is -0.276. The third-order valence-corrected chi connectivity index (χ3v) is 5.09. The molecule has 7 nitrogen and oxygen atoms in total. The predicted octanol–water partition coefficient (Wildman–Crippen LogP) is 4.50. The molecule has 0 saturated heterocycles. The Hall–Kier alpha value is -3.87. The summed E-state index contributed by atoms with van der Waals surface area (Å²) in [6, 6.07) is 15.4. The largest absolute Gasteiger partial charge is 0.466 e. The summed E-state index contributed by atoms with van der Waals surface area (Å²) in [7, 11) is 1.81. The van der Waals surface area contributed by atoms with Gasteiger partial charge in [0.1, 0.15) is 11.2 Å². The number of aryl methyl sites for hydroxylation is 3. The molecular formula is C23H20N4O3. The number of carbonyl (C=O) groups excluding carboxylic acids is 1. The van der Waals surface area contributed by atoms with Crippen molar-refractivity contribution in [3.05, 3.63) is 59.8 Å². The van der Waals surface area contributed by atoms with Gasteiger partial charge in [0.15, 0.2) is 12.3 Å². The minimum Gasteiger partial charge on any atom is -0.466 e. The molecule has 0 aliphatic rings. The average Bonchev–Trinajstić information content (AvgIpc) is 3.23. The first kappa shape index (κ1) is 18.2. The summed E-state index contributed by atoms with van der Waals surface area (Å²) < 4.78 is 13.3. The van der Waals surface area contributed by atoms with Crippen LogP contribution in [0.4, 0.5) is 5.69 Å². The SMILES string of the molecule is Cc1cc(C)c2c(OCC(=O)Nc3ccc4c(c3)oc3ccccc34)nn(C)c2n1. The maximum atomic E-state index is 12.5. The van der Waals surface area contributed by atoms with E-state index in [0.717, 1.165) is 44.2 Å². The number of hydrogen-bond acceptors (Lipinski definition) is 5. The van der Waals surface area contributed by atoms with Crippen LogP contribution in [0.2, 0.25) is 0 Å². The summed E-state index contributed by atoms with van der Waals surface area (Å²) in [5.41, 5.74) is 4.85. The molecule has 0 radical (unpaired) electrons. The van der Waals surface area contributed by atoms with Crippen LogP contribution >= 0.6 is 0 Å². The number of rotatable bonds is 4. The van der Waals surface area contributed by atoms with Crippen LogP contribution in [0.1, 0.15) is 11.3 Å². The van der Waals surface area contributed by atoms with Crippen LogP contribution in [0, 0.1) is 13.8 Å². The van der Waals surface area contributed by atoms with E-state index in [1.807, 2.05) is 69.4 Å². The zero-order chi connectivity index (χ0) is 20.8. The lowest BCUT2D eigenvalue weighted by atomic mass is 10.1. The molecule has 5 aromatic rings. The van der Waals surface area contributed by atoms with Gasteiger partial charge in [-0.25, -0.2) is 9.67 Å². The number of hydrogen-bond donors (Lipinski definition) is 1. The van der Waals surface area contributed by atoms with Crippen LogP contribution in [0.3, 0.4) is 0 Å². The van der Waals surface area contributed by atoms with Crippen LogP contribution in [0.25, 0.3) is 33.0 Å². The molecule has 0 spiro atoms. The number of aromatic nitrogens is 3. The van der Waals surface area contributed by atoms with Crippen molar-refractivity contribution in [3.8, 4) is 5.88 Å². The van der Waals surface area contributed by atoms with Crippen LogP contribution in [-0.2, 0) is 11.8 Å². The molecule has 150 valence electrons. The van der Waals surface area contributed by atoms with E-state index < -0.39 is 0 Å². The van der Waals surface area contributed by atoms with E-state index >= 15 is 0 Å². The first-order valence-corrected chi connectivity index (χ1v) is 9.64. The van der Waals surface area contributed by atoms with Crippen LogP contribution in [0.15, 0.2) is 52.9 Å². The summed E-state index contributed by atoms with van der Waals surface area (Å²) in [5.74, 6) is 0.127. The van der Waals surface area contributed by atoms with Gasteiger partial charge in [0, 0.05) is 35.3 Å². The molecule has 0 fully saturated rings. The van der Waals surface area contributed by atoms with Gasteiger partial charge < -0.3 is 14.5 Å². The quantitative estimate of drug-likeness (QED) is 0.480. The Bertz CT molecular complexity index is 1430.